The third kappa shape index (κ3) is 3.66. The number of ketones is 1. The van der Waals surface area contributed by atoms with Crippen molar-refractivity contribution in [2.24, 2.45) is 0 Å². The molecule has 0 aromatic carbocycles. The summed E-state index contributed by atoms with van der Waals surface area (Å²) in [6.07, 6.45) is 16.7. The summed E-state index contributed by atoms with van der Waals surface area (Å²) in [5.74, 6) is 0.355. The highest BCUT2D eigenvalue weighted by molar-refractivity contribution is 5.79. The number of carbonyl (C=O) groups is 1. The average Bonchev–Trinajstić information content (AvgIpc) is 3.55. The molecule has 5 rings (SSSR count). The normalized spacial score (nSPS) is 15.4. The molecule has 0 spiro atoms. The van der Waals surface area contributed by atoms with E-state index in [-0.39, 0.29) is 6.04 Å². The Labute approximate surface area is 180 Å². The van der Waals surface area contributed by atoms with Crippen molar-refractivity contribution in [2.75, 3.05) is 0 Å². The highest BCUT2D eigenvalue weighted by Crippen LogP contribution is 2.30. The van der Waals surface area contributed by atoms with Crippen molar-refractivity contribution in [1.29, 1.82) is 0 Å². The smallest absolute Gasteiger partial charge is 0.133 e. The minimum atomic E-state index is 0.276. The van der Waals surface area contributed by atoms with Gasteiger partial charge < -0.3 is 0 Å². The largest absolute Gasteiger partial charge is 0.300 e. The molecule has 4 heterocycles. The van der Waals surface area contributed by atoms with E-state index in [1.165, 1.54) is 0 Å². The van der Waals surface area contributed by atoms with Crippen LogP contribution in [0, 0.1) is 0 Å². The average molecular weight is 418 g/mol. The lowest BCUT2D eigenvalue weighted by Gasteiger charge is -2.21. The minimum Gasteiger partial charge on any atom is -0.300 e. The molecule has 0 bridgehead atoms. The van der Waals surface area contributed by atoms with Gasteiger partial charge in [-0.3, -0.25) is 14.2 Å². The number of aromatic nitrogens is 7. The molecular weight excluding hydrogens is 390 g/mol. The molecule has 0 saturated heterocycles. The van der Waals surface area contributed by atoms with Crippen LogP contribution in [0.25, 0.3) is 28.0 Å². The topological polar surface area (TPSA) is 82.9 Å². The van der Waals surface area contributed by atoms with Crippen molar-refractivity contribution in [2.45, 2.75) is 64.5 Å². The molecular formula is C23H27N7O. The highest BCUT2D eigenvalue weighted by atomic mass is 16.1. The molecule has 1 aliphatic carbocycles. The van der Waals surface area contributed by atoms with Gasteiger partial charge in [0.2, 0.25) is 0 Å². The first kappa shape index (κ1) is 19.7. The first-order valence-electron chi connectivity index (χ1n) is 11.1. The van der Waals surface area contributed by atoms with Crippen molar-refractivity contribution in [3.8, 4) is 22.5 Å². The molecule has 1 aliphatic rings. The Bertz CT molecular complexity index is 1200. The molecule has 4 aromatic rings. The van der Waals surface area contributed by atoms with Gasteiger partial charge in [-0.05, 0) is 31.7 Å². The Hall–Kier alpha value is -3.29. The zero-order chi connectivity index (χ0) is 21.4. The number of Topliss-reactive ketones (excluding diaryl/α,β-unsaturated/α-hetero) is 1. The molecule has 0 aliphatic heterocycles. The molecule has 0 unspecified atom stereocenters. The lowest BCUT2D eigenvalue weighted by Crippen LogP contribution is -2.18. The molecule has 1 fully saturated rings. The van der Waals surface area contributed by atoms with Gasteiger partial charge in [-0.15, -0.1) is 0 Å². The van der Waals surface area contributed by atoms with E-state index in [1.54, 1.807) is 6.20 Å². The maximum absolute atomic E-state index is 11.6. The van der Waals surface area contributed by atoms with Crippen molar-refractivity contribution in [3.05, 3.63) is 43.2 Å². The zero-order valence-corrected chi connectivity index (χ0v) is 18.0. The molecule has 0 amide bonds. The monoisotopic (exact) mass is 417 g/mol. The summed E-state index contributed by atoms with van der Waals surface area (Å²) in [5, 5.41) is 13.6. The van der Waals surface area contributed by atoms with E-state index in [0.717, 1.165) is 53.7 Å². The predicted octanol–water partition coefficient (Wildman–Crippen LogP) is 4.50. The molecule has 0 N–H and O–H groups in total. The number of nitrogens with zero attached hydrogens (tertiary/aromatic N) is 7. The number of fused-ring (bicyclic) bond motifs is 1. The summed E-state index contributed by atoms with van der Waals surface area (Å²) >= 11 is 0. The van der Waals surface area contributed by atoms with E-state index in [9.17, 15) is 4.79 Å². The van der Waals surface area contributed by atoms with Crippen LogP contribution in [0.3, 0.4) is 0 Å². The number of rotatable bonds is 6. The van der Waals surface area contributed by atoms with Gasteiger partial charge in [0.1, 0.15) is 5.78 Å². The van der Waals surface area contributed by atoms with Crippen LogP contribution in [0.2, 0.25) is 0 Å². The molecule has 8 nitrogen and oxygen atoms in total. The molecule has 1 saturated carbocycles. The van der Waals surface area contributed by atoms with Gasteiger partial charge in [-0.25, -0.2) is 9.50 Å². The predicted molar refractivity (Wildman–Crippen MR) is 118 cm³/mol. The Morgan fingerprint density at radius 1 is 1.00 bits per heavy atom. The van der Waals surface area contributed by atoms with Crippen LogP contribution < -0.4 is 0 Å². The van der Waals surface area contributed by atoms with Gasteiger partial charge in [0.15, 0.2) is 0 Å². The number of carbonyl (C=O) groups excluding carboxylic acids is 1. The van der Waals surface area contributed by atoms with Crippen LogP contribution in [-0.4, -0.2) is 39.9 Å². The quantitative estimate of drug-likeness (QED) is 0.461. The second-order valence-corrected chi connectivity index (χ2v) is 8.29. The fourth-order valence-corrected chi connectivity index (χ4v) is 4.46. The van der Waals surface area contributed by atoms with E-state index in [4.69, 9.17) is 4.98 Å². The second kappa shape index (κ2) is 8.09. The number of hydrogen-bond acceptors (Lipinski definition) is 5. The molecule has 8 heteroatoms. The summed E-state index contributed by atoms with van der Waals surface area (Å²) in [6, 6.07) is 2.64. The standard InChI is InChI=1S/C23H27N7O/c1-3-18(4-2)28-14-17(12-26-28)23-22-9-10-24-30(22)15-21(27-23)16-11-25-29(13-16)19-5-7-20(31)8-6-19/h9-15,18-19H,3-8H2,1-2H3. The Morgan fingerprint density at radius 3 is 2.55 bits per heavy atom. The van der Waals surface area contributed by atoms with Crippen molar-refractivity contribution in [3.63, 3.8) is 0 Å². The molecule has 0 radical (unpaired) electrons. The van der Waals surface area contributed by atoms with Crippen molar-refractivity contribution < 1.29 is 4.79 Å². The van der Waals surface area contributed by atoms with Gasteiger partial charge >= 0.3 is 0 Å². The van der Waals surface area contributed by atoms with E-state index >= 15 is 0 Å². The van der Waals surface area contributed by atoms with Gasteiger partial charge in [0.25, 0.3) is 0 Å². The summed E-state index contributed by atoms with van der Waals surface area (Å²) in [7, 11) is 0. The lowest BCUT2D eigenvalue weighted by atomic mass is 9.94. The lowest BCUT2D eigenvalue weighted by molar-refractivity contribution is -0.120. The van der Waals surface area contributed by atoms with Crippen molar-refractivity contribution in [1.82, 2.24) is 34.2 Å². The maximum atomic E-state index is 11.6. The summed E-state index contributed by atoms with van der Waals surface area (Å²) in [4.78, 5) is 16.6. The molecule has 31 heavy (non-hydrogen) atoms. The molecule has 160 valence electrons. The first-order valence-corrected chi connectivity index (χ1v) is 11.1. The van der Waals surface area contributed by atoms with Gasteiger partial charge in [-0.1, -0.05) is 13.8 Å². The van der Waals surface area contributed by atoms with Crippen LogP contribution in [0.5, 0.6) is 0 Å². The van der Waals surface area contributed by atoms with E-state index in [0.29, 0.717) is 24.7 Å². The summed E-state index contributed by atoms with van der Waals surface area (Å²) in [6.45, 7) is 4.37. The maximum Gasteiger partial charge on any atom is 0.133 e. The van der Waals surface area contributed by atoms with Crippen LogP contribution in [0.1, 0.15) is 64.5 Å². The van der Waals surface area contributed by atoms with E-state index < -0.39 is 0 Å². The number of hydrogen-bond donors (Lipinski definition) is 0. The van der Waals surface area contributed by atoms with Gasteiger partial charge in [-0.2, -0.15) is 15.3 Å². The Morgan fingerprint density at radius 2 is 1.77 bits per heavy atom. The second-order valence-electron chi connectivity index (χ2n) is 8.29. The Balaban J connectivity index is 1.51. The van der Waals surface area contributed by atoms with Gasteiger partial charge in [0, 0.05) is 36.4 Å². The molecule has 4 aromatic heterocycles. The third-order valence-corrected chi connectivity index (χ3v) is 6.37. The zero-order valence-electron chi connectivity index (χ0n) is 18.0. The van der Waals surface area contributed by atoms with Crippen LogP contribution in [0.15, 0.2) is 43.2 Å². The van der Waals surface area contributed by atoms with Crippen LogP contribution in [0.4, 0.5) is 0 Å². The van der Waals surface area contributed by atoms with Crippen molar-refractivity contribution >= 4 is 11.3 Å². The SMILES string of the molecule is CCC(CC)n1cc(-c2nc(-c3cnn(C4CCC(=O)CC4)c3)cn3nccc23)cn1. The van der Waals surface area contributed by atoms with Gasteiger partial charge in [0.05, 0.1) is 53.8 Å². The third-order valence-electron chi connectivity index (χ3n) is 6.37. The fraction of sp³-hybridized carbons (Fsp3) is 0.435. The highest BCUT2D eigenvalue weighted by Gasteiger charge is 2.21. The van der Waals surface area contributed by atoms with E-state index in [1.807, 2.05) is 44.7 Å². The fourth-order valence-electron chi connectivity index (χ4n) is 4.46. The Kier molecular flexibility index (Phi) is 5.13. The van der Waals surface area contributed by atoms with Crippen LogP contribution >= 0.6 is 0 Å². The van der Waals surface area contributed by atoms with Crippen LogP contribution in [-0.2, 0) is 4.79 Å². The summed E-state index contributed by atoms with van der Waals surface area (Å²) < 4.78 is 5.89. The minimum absolute atomic E-state index is 0.276. The van der Waals surface area contributed by atoms with E-state index in [2.05, 4.69) is 35.3 Å². The summed E-state index contributed by atoms with van der Waals surface area (Å²) in [5.41, 5.74) is 4.56. The first-order chi connectivity index (χ1) is 15.2. The molecule has 0 atom stereocenters.